The second-order valence-electron chi connectivity index (χ2n) is 4.06. The summed E-state index contributed by atoms with van der Waals surface area (Å²) in [7, 11) is 1.60. The van der Waals surface area contributed by atoms with Crippen molar-refractivity contribution in [1.29, 1.82) is 0 Å². The molecule has 0 saturated carbocycles. The molecule has 0 aromatic heterocycles. The zero-order valence-corrected chi connectivity index (χ0v) is 10.8. The van der Waals surface area contributed by atoms with Crippen LogP contribution in [0, 0.1) is 17.8 Å². The van der Waals surface area contributed by atoms with E-state index in [4.69, 9.17) is 4.74 Å². The molecular weight excluding hydrogens is 228 g/mol. The van der Waals surface area contributed by atoms with E-state index in [2.05, 4.69) is 11.8 Å². The monoisotopic (exact) mass is 246 g/mol. The van der Waals surface area contributed by atoms with Gasteiger partial charge in [-0.15, -0.1) is 11.8 Å². The molecule has 0 bridgehead atoms. The molecule has 1 rings (SSSR count). The van der Waals surface area contributed by atoms with Crippen LogP contribution in [0.2, 0.25) is 0 Å². The summed E-state index contributed by atoms with van der Waals surface area (Å²) in [6.07, 6.45) is 1.71. The smallest absolute Gasteiger partial charge is 0.306 e. The number of ether oxygens (including phenoxy) is 1. The van der Waals surface area contributed by atoms with Gasteiger partial charge in [0.05, 0.1) is 13.0 Å². The van der Waals surface area contributed by atoms with E-state index < -0.39 is 11.9 Å². The van der Waals surface area contributed by atoms with Gasteiger partial charge < -0.3 is 9.84 Å². The highest BCUT2D eigenvalue weighted by Gasteiger charge is 2.17. The van der Waals surface area contributed by atoms with Crippen molar-refractivity contribution in [1.82, 2.24) is 0 Å². The lowest BCUT2D eigenvalue weighted by molar-refractivity contribution is -0.141. The maximum absolute atomic E-state index is 11.2. The third-order valence-electron chi connectivity index (χ3n) is 2.76. The summed E-state index contributed by atoms with van der Waals surface area (Å²) >= 11 is 0. The molecular formula is C15H18O3. The highest BCUT2D eigenvalue weighted by molar-refractivity contribution is 5.70. The topological polar surface area (TPSA) is 46.5 Å². The first-order chi connectivity index (χ1) is 8.67. The van der Waals surface area contributed by atoms with Gasteiger partial charge in [-0.25, -0.2) is 0 Å². The van der Waals surface area contributed by atoms with E-state index in [1.54, 1.807) is 14.0 Å². The molecule has 0 fully saturated rings. The van der Waals surface area contributed by atoms with Gasteiger partial charge in [-0.2, -0.15) is 0 Å². The lowest BCUT2D eigenvalue weighted by Crippen LogP contribution is -2.16. The highest BCUT2D eigenvalue weighted by atomic mass is 16.5. The molecule has 0 spiro atoms. The first kappa shape index (κ1) is 14.1. The van der Waals surface area contributed by atoms with E-state index in [1.165, 1.54) is 0 Å². The Morgan fingerprint density at radius 3 is 2.89 bits per heavy atom. The Morgan fingerprint density at radius 2 is 2.28 bits per heavy atom. The molecule has 3 heteroatoms. The van der Waals surface area contributed by atoms with Crippen LogP contribution in [0.5, 0.6) is 5.75 Å². The van der Waals surface area contributed by atoms with Crippen molar-refractivity contribution in [3.05, 3.63) is 29.8 Å². The van der Waals surface area contributed by atoms with Crippen molar-refractivity contribution in [2.75, 3.05) is 7.11 Å². The van der Waals surface area contributed by atoms with Gasteiger partial charge in [-0.05, 0) is 37.5 Å². The molecule has 3 nitrogen and oxygen atoms in total. The number of rotatable bonds is 6. The van der Waals surface area contributed by atoms with Gasteiger partial charge in [-0.1, -0.05) is 12.1 Å². The molecule has 1 atom stereocenters. The van der Waals surface area contributed by atoms with Crippen LogP contribution < -0.4 is 4.74 Å². The molecule has 0 aliphatic rings. The number of carboxylic acids is 1. The van der Waals surface area contributed by atoms with Gasteiger partial charge in [0.2, 0.25) is 0 Å². The fraction of sp³-hybridized carbons (Fsp3) is 0.400. The maximum atomic E-state index is 11.2. The molecule has 1 aromatic rings. The van der Waals surface area contributed by atoms with Crippen molar-refractivity contribution in [2.24, 2.45) is 5.92 Å². The zero-order chi connectivity index (χ0) is 13.4. The Kier molecular flexibility index (Phi) is 5.79. The van der Waals surface area contributed by atoms with Gasteiger partial charge in [0.15, 0.2) is 0 Å². The average Bonchev–Trinajstić information content (AvgIpc) is 2.38. The molecule has 1 aromatic carbocycles. The molecule has 0 saturated heterocycles. The van der Waals surface area contributed by atoms with Crippen molar-refractivity contribution in [3.8, 4) is 17.6 Å². The fourth-order valence-electron chi connectivity index (χ4n) is 1.77. The van der Waals surface area contributed by atoms with Crippen LogP contribution >= 0.6 is 0 Å². The first-order valence-corrected chi connectivity index (χ1v) is 5.92. The van der Waals surface area contributed by atoms with E-state index >= 15 is 0 Å². The second kappa shape index (κ2) is 7.39. The summed E-state index contributed by atoms with van der Waals surface area (Å²) < 4.78 is 5.13. The van der Waals surface area contributed by atoms with Crippen LogP contribution in [0.3, 0.4) is 0 Å². The third kappa shape index (κ3) is 4.50. The lowest BCUT2D eigenvalue weighted by atomic mass is 9.95. The minimum absolute atomic E-state index is 0.391. The molecule has 0 aliphatic carbocycles. The van der Waals surface area contributed by atoms with Crippen molar-refractivity contribution >= 4 is 5.97 Å². The molecule has 1 N–H and O–H groups in total. The molecule has 0 amide bonds. The number of carboxylic acid groups (broad SMARTS) is 1. The van der Waals surface area contributed by atoms with Crippen LogP contribution in [-0.4, -0.2) is 18.2 Å². The number of benzene rings is 1. The van der Waals surface area contributed by atoms with E-state index in [-0.39, 0.29) is 0 Å². The van der Waals surface area contributed by atoms with Crippen molar-refractivity contribution < 1.29 is 14.6 Å². The Bertz CT molecular complexity index is 454. The summed E-state index contributed by atoms with van der Waals surface area (Å²) in [6, 6.07) is 7.52. The predicted molar refractivity (Wildman–Crippen MR) is 70.5 cm³/mol. The quantitative estimate of drug-likeness (QED) is 0.785. The summed E-state index contributed by atoms with van der Waals surface area (Å²) in [5, 5.41) is 9.18. The van der Waals surface area contributed by atoms with Crippen LogP contribution in [-0.2, 0) is 11.2 Å². The van der Waals surface area contributed by atoms with Crippen LogP contribution in [0.1, 0.15) is 25.3 Å². The standard InChI is InChI=1S/C15H18O3/c1-3-4-5-8-13(15(16)17)10-12-7-6-9-14(11-12)18-2/h6-7,9,11,13H,5,8,10H2,1-2H3,(H,16,17). The van der Waals surface area contributed by atoms with E-state index in [9.17, 15) is 9.90 Å². The highest BCUT2D eigenvalue weighted by Crippen LogP contribution is 2.18. The normalized spacial score (nSPS) is 11.2. The molecule has 0 heterocycles. The average molecular weight is 246 g/mol. The van der Waals surface area contributed by atoms with Gasteiger partial charge in [0, 0.05) is 6.42 Å². The van der Waals surface area contributed by atoms with Crippen LogP contribution in [0.4, 0.5) is 0 Å². The Labute approximate surface area is 108 Å². The molecule has 1 unspecified atom stereocenters. The third-order valence-corrected chi connectivity index (χ3v) is 2.76. The number of hydrogen-bond acceptors (Lipinski definition) is 2. The second-order valence-corrected chi connectivity index (χ2v) is 4.06. The first-order valence-electron chi connectivity index (χ1n) is 5.92. The van der Waals surface area contributed by atoms with E-state index in [0.29, 0.717) is 19.3 Å². The number of carbonyl (C=O) groups is 1. The summed E-state index contributed by atoms with van der Waals surface area (Å²) in [5.74, 6) is 5.28. The fourth-order valence-corrected chi connectivity index (χ4v) is 1.77. The zero-order valence-electron chi connectivity index (χ0n) is 10.8. The molecule has 0 radical (unpaired) electrons. The SMILES string of the molecule is CC#CCCC(Cc1cccc(OC)c1)C(=O)O. The predicted octanol–water partition coefficient (Wildman–Crippen LogP) is 2.74. The maximum Gasteiger partial charge on any atom is 0.306 e. The van der Waals surface area contributed by atoms with Crippen molar-refractivity contribution in [2.45, 2.75) is 26.2 Å². The van der Waals surface area contributed by atoms with Gasteiger partial charge in [-0.3, -0.25) is 4.79 Å². The van der Waals surface area contributed by atoms with Gasteiger partial charge in [0.25, 0.3) is 0 Å². The Hall–Kier alpha value is -1.95. The van der Waals surface area contributed by atoms with E-state index in [1.807, 2.05) is 24.3 Å². The number of hydrogen-bond donors (Lipinski definition) is 1. The summed E-state index contributed by atoms with van der Waals surface area (Å²) in [4.78, 5) is 11.2. The number of aliphatic carboxylic acids is 1. The Morgan fingerprint density at radius 1 is 1.50 bits per heavy atom. The molecule has 0 aliphatic heterocycles. The van der Waals surface area contributed by atoms with Crippen LogP contribution in [0.15, 0.2) is 24.3 Å². The van der Waals surface area contributed by atoms with Gasteiger partial charge in [0.1, 0.15) is 5.75 Å². The van der Waals surface area contributed by atoms with E-state index in [0.717, 1.165) is 11.3 Å². The molecule has 18 heavy (non-hydrogen) atoms. The minimum Gasteiger partial charge on any atom is -0.497 e. The lowest BCUT2D eigenvalue weighted by Gasteiger charge is -2.11. The van der Waals surface area contributed by atoms with Crippen molar-refractivity contribution in [3.63, 3.8) is 0 Å². The minimum atomic E-state index is -0.768. The van der Waals surface area contributed by atoms with Crippen LogP contribution in [0.25, 0.3) is 0 Å². The summed E-state index contributed by atoms with van der Waals surface area (Å²) in [6.45, 7) is 1.76. The summed E-state index contributed by atoms with van der Waals surface area (Å²) in [5.41, 5.74) is 0.978. The number of methoxy groups -OCH3 is 1. The Balaban J connectivity index is 2.69. The largest absolute Gasteiger partial charge is 0.497 e. The van der Waals surface area contributed by atoms with Gasteiger partial charge >= 0.3 is 5.97 Å². The molecule has 96 valence electrons.